The normalized spacial score (nSPS) is 14.8. The quantitative estimate of drug-likeness (QED) is 0.227. The first-order chi connectivity index (χ1) is 21.1. The van der Waals surface area contributed by atoms with E-state index in [9.17, 15) is 23.2 Å². The zero-order chi connectivity index (χ0) is 31.3. The molecular weight excluding hydrogens is 591 g/mol. The van der Waals surface area contributed by atoms with Crippen molar-refractivity contribution >= 4 is 28.6 Å². The Morgan fingerprint density at radius 3 is 2.59 bits per heavy atom. The number of alkyl halides is 3. The van der Waals surface area contributed by atoms with E-state index in [1.807, 2.05) is 6.92 Å². The maximum Gasteiger partial charge on any atom is 0.573 e. The summed E-state index contributed by atoms with van der Waals surface area (Å²) in [5.74, 6) is 0.832. The van der Waals surface area contributed by atoms with E-state index in [0.29, 0.717) is 27.8 Å². The van der Waals surface area contributed by atoms with Gasteiger partial charge < -0.3 is 15.0 Å². The number of thioether (sulfide) groups is 1. The molecule has 1 aromatic heterocycles. The molecule has 1 N–H and O–H groups in total. The van der Waals surface area contributed by atoms with Crippen molar-refractivity contribution in [2.75, 3.05) is 17.2 Å². The van der Waals surface area contributed by atoms with E-state index >= 15 is 0 Å². The summed E-state index contributed by atoms with van der Waals surface area (Å²) < 4.78 is 42.6. The molecular formula is C31H28F3N7O2S. The maximum atomic E-state index is 12.9. The van der Waals surface area contributed by atoms with E-state index in [4.69, 9.17) is 0 Å². The number of nitrogens with one attached hydrogen (secondary N) is 1. The first kappa shape index (κ1) is 30.6. The van der Waals surface area contributed by atoms with Crippen LogP contribution in [0.3, 0.4) is 0 Å². The fourth-order valence-corrected chi connectivity index (χ4v) is 5.65. The van der Waals surface area contributed by atoms with Crippen molar-refractivity contribution < 1.29 is 22.7 Å². The number of amides is 2. The lowest BCUT2D eigenvalue weighted by Crippen LogP contribution is -2.30. The van der Waals surface area contributed by atoms with Gasteiger partial charge in [0.25, 0.3) is 0 Å². The van der Waals surface area contributed by atoms with Gasteiger partial charge in [0.2, 0.25) is 0 Å². The Morgan fingerprint density at radius 1 is 1.16 bits per heavy atom. The second-order valence-electron chi connectivity index (χ2n) is 9.96. The molecule has 44 heavy (non-hydrogen) atoms. The van der Waals surface area contributed by atoms with E-state index in [1.54, 1.807) is 24.3 Å². The van der Waals surface area contributed by atoms with Crippen molar-refractivity contribution in [3.63, 3.8) is 0 Å². The Labute approximate surface area is 256 Å². The summed E-state index contributed by atoms with van der Waals surface area (Å²) in [5.41, 5.74) is 5.09. The number of aromatic nitrogens is 3. The number of anilines is 1. The molecule has 2 heterocycles. The second kappa shape index (κ2) is 13.2. The van der Waals surface area contributed by atoms with Crippen LogP contribution in [0.1, 0.15) is 36.1 Å². The third kappa shape index (κ3) is 7.38. The molecule has 9 nitrogen and oxygen atoms in total. The molecule has 1 fully saturated rings. The smallest absolute Gasteiger partial charge is 0.406 e. The minimum atomic E-state index is -4.77. The van der Waals surface area contributed by atoms with E-state index in [2.05, 4.69) is 61.2 Å². The number of carbonyl (C=O) groups is 1. The van der Waals surface area contributed by atoms with Crippen LogP contribution in [0.4, 0.5) is 23.7 Å². The summed E-state index contributed by atoms with van der Waals surface area (Å²) in [6, 6.07) is 19.0. The monoisotopic (exact) mass is 619 g/mol. The molecule has 4 aromatic rings. The standard InChI is InChI=1S/C31H28F3N7O2S/c1-3-4-22-6-5-20(2)17-27(22)40-15-16-44-30(40)38-29(42)37-26(18-35)21-7-9-23(10-8-21)28-36-19-41(39-28)24-11-13-25(14-12-24)43-31(32,33)34/h5-14,17,19,26H,3-4,15-16H2,1-2H3,(H,37,42)/b38-30-. The topological polar surface area (TPSA) is 108 Å². The number of nitriles is 1. The molecule has 5 rings (SSSR count). The highest BCUT2D eigenvalue weighted by Gasteiger charge is 2.31. The first-order valence-electron chi connectivity index (χ1n) is 13.8. The van der Waals surface area contributed by atoms with Gasteiger partial charge in [-0.05, 0) is 60.4 Å². The molecule has 1 atom stereocenters. The summed E-state index contributed by atoms with van der Waals surface area (Å²) >= 11 is 1.50. The van der Waals surface area contributed by atoms with Crippen molar-refractivity contribution in [3.05, 3.63) is 89.7 Å². The molecule has 3 aromatic carbocycles. The molecule has 13 heteroatoms. The van der Waals surface area contributed by atoms with Crippen LogP contribution in [0.15, 0.2) is 78.0 Å². The summed E-state index contributed by atoms with van der Waals surface area (Å²) in [6.07, 6.45) is -1.41. The van der Waals surface area contributed by atoms with Gasteiger partial charge in [-0.3, -0.25) is 0 Å². The van der Waals surface area contributed by atoms with Gasteiger partial charge >= 0.3 is 12.4 Å². The Kier molecular flexibility index (Phi) is 9.20. The molecule has 0 saturated carbocycles. The predicted octanol–water partition coefficient (Wildman–Crippen LogP) is 6.98. The Morgan fingerprint density at radius 2 is 1.91 bits per heavy atom. The number of benzene rings is 3. The number of ether oxygens (including phenoxy) is 1. The number of aryl methyl sites for hydroxylation is 2. The Bertz CT molecular complexity index is 1700. The van der Waals surface area contributed by atoms with E-state index in [1.165, 1.54) is 52.6 Å². The zero-order valence-corrected chi connectivity index (χ0v) is 24.7. The SMILES string of the molecule is CCCc1ccc(C)cc1N1CCS/C1=N\C(=O)NC(C#N)c1ccc(-c2ncn(-c3ccc(OC(F)(F)F)cc3)n2)cc1. The highest BCUT2D eigenvalue weighted by atomic mass is 32.2. The summed E-state index contributed by atoms with van der Waals surface area (Å²) in [5, 5.41) is 17.5. The lowest BCUT2D eigenvalue weighted by Gasteiger charge is -2.22. The average Bonchev–Trinajstić information content (AvgIpc) is 3.67. The van der Waals surface area contributed by atoms with Crippen LogP contribution < -0.4 is 15.0 Å². The van der Waals surface area contributed by atoms with Crippen LogP contribution >= 0.6 is 11.8 Å². The highest BCUT2D eigenvalue weighted by Crippen LogP contribution is 2.31. The number of halogens is 3. The fraction of sp³-hybridized carbons (Fsp3) is 0.258. The average molecular weight is 620 g/mol. The van der Waals surface area contributed by atoms with Gasteiger partial charge in [-0.1, -0.05) is 61.5 Å². The molecule has 226 valence electrons. The van der Waals surface area contributed by atoms with Gasteiger partial charge in [0.05, 0.1) is 11.8 Å². The van der Waals surface area contributed by atoms with Gasteiger partial charge in [-0.25, -0.2) is 14.5 Å². The molecule has 1 saturated heterocycles. The molecule has 0 spiro atoms. The molecule has 1 aliphatic rings. The van der Waals surface area contributed by atoms with Crippen LogP contribution in [-0.4, -0.2) is 44.6 Å². The van der Waals surface area contributed by atoms with Crippen LogP contribution in [0.2, 0.25) is 0 Å². The molecule has 2 amide bonds. The van der Waals surface area contributed by atoms with Crippen LogP contribution in [-0.2, 0) is 6.42 Å². The molecule has 1 aliphatic heterocycles. The number of rotatable bonds is 8. The minimum absolute atomic E-state index is 0.338. The summed E-state index contributed by atoms with van der Waals surface area (Å²) in [7, 11) is 0. The lowest BCUT2D eigenvalue weighted by atomic mass is 10.0. The number of nitrogens with zero attached hydrogens (tertiary/aromatic N) is 6. The van der Waals surface area contributed by atoms with E-state index < -0.39 is 18.4 Å². The van der Waals surface area contributed by atoms with Gasteiger partial charge in [-0.2, -0.15) is 10.3 Å². The third-order valence-electron chi connectivity index (χ3n) is 6.75. The number of hydrogen-bond acceptors (Lipinski definition) is 6. The number of amidine groups is 1. The van der Waals surface area contributed by atoms with Gasteiger partial charge in [-0.15, -0.1) is 18.3 Å². The van der Waals surface area contributed by atoms with Gasteiger partial charge in [0, 0.05) is 23.5 Å². The molecule has 0 aliphatic carbocycles. The van der Waals surface area contributed by atoms with E-state index in [0.717, 1.165) is 36.4 Å². The zero-order valence-electron chi connectivity index (χ0n) is 23.9. The van der Waals surface area contributed by atoms with Crippen molar-refractivity contribution in [1.82, 2.24) is 20.1 Å². The second-order valence-corrected chi connectivity index (χ2v) is 11.0. The van der Waals surface area contributed by atoms with Gasteiger partial charge in [0.15, 0.2) is 11.0 Å². The van der Waals surface area contributed by atoms with Gasteiger partial charge in [0.1, 0.15) is 18.1 Å². The largest absolute Gasteiger partial charge is 0.573 e. The number of carbonyl (C=O) groups excluding carboxylic acids is 1. The molecule has 0 bridgehead atoms. The predicted molar refractivity (Wildman–Crippen MR) is 163 cm³/mol. The lowest BCUT2D eigenvalue weighted by molar-refractivity contribution is -0.274. The van der Waals surface area contributed by atoms with Crippen LogP contribution in [0.5, 0.6) is 5.75 Å². The van der Waals surface area contributed by atoms with Crippen molar-refractivity contribution in [1.29, 1.82) is 5.26 Å². The Hall–Kier alpha value is -4.83. The van der Waals surface area contributed by atoms with Crippen molar-refractivity contribution in [2.24, 2.45) is 4.99 Å². The Balaban J connectivity index is 1.26. The number of aliphatic imine (C=N–C) groups is 1. The maximum absolute atomic E-state index is 12.9. The van der Waals surface area contributed by atoms with Crippen LogP contribution in [0, 0.1) is 18.3 Å². The highest BCUT2D eigenvalue weighted by molar-refractivity contribution is 8.14. The van der Waals surface area contributed by atoms with E-state index in [-0.39, 0.29) is 5.75 Å². The number of urea groups is 1. The van der Waals surface area contributed by atoms with Crippen molar-refractivity contribution in [2.45, 2.75) is 39.1 Å². The minimum Gasteiger partial charge on any atom is -0.406 e. The van der Waals surface area contributed by atoms with Crippen LogP contribution in [0.25, 0.3) is 17.1 Å². The molecule has 0 radical (unpaired) electrons. The number of hydrogen-bond donors (Lipinski definition) is 1. The third-order valence-corrected chi connectivity index (χ3v) is 7.71. The fourth-order valence-electron chi connectivity index (χ4n) is 4.70. The first-order valence-corrected chi connectivity index (χ1v) is 14.8. The summed E-state index contributed by atoms with van der Waals surface area (Å²) in [6.45, 7) is 4.91. The summed E-state index contributed by atoms with van der Waals surface area (Å²) in [4.78, 5) is 23.6. The van der Waals surface area contributed by atoms with Crippen molar-refractivity contribution in [3.8, 4) is 28.9 Å². The molecule has 1 unspecified atom stereocenters.